The van der Waals surface area contributed by atoms with Crippen LogP contribution in [-0.2, 0) is 0 Å². The molecule has 1 nitrogen and oxygen atoms in total. The van der Waals surface area contributed by atoms with Crippen molar-refractivity contribution in [1.82, 2.24) is 0 Å². The van der Waals surface area contributed by atoms with Crippen LogP contribution in [-0.4, -0.2) is 5.54 Å². The summed E-state index contributed by atoms with van der Waals surface area (Å²) < 4.78 is 13.8. The summed E-state index contributed by atoms with van der Waals surface area (Å²) in [6.45, 7) is 2.08. The summed E-state index contributed by atoms with van der Waals surface area (Å²) in [6, 6.07) is 5.28. The van der Waals surface area contributed by atoms with E-state index in [0.717, 1.165) is 18.4 Å². The van der Waals surface area contributed by atoms with Crippen molar-refractivity contribution >= 4 is 15.9 Å². The first-order valence-corrected chi connectivity index (χ1v) is 5.60. The van der Waals surface area contributed by atoms with Crippen molar-refractivity contribution in [2.45, 2.75) is 31.2 Å². The Bertz CT molecular complexity index is 366. The van der Waals surface area contributed by atoms with Crippen LogP contribution in [0.1, 0.15) is 31.2 Å². The van der Waals surface area contributed by atoms with Gasteiger partial charge < -0.3 is 5.73 Å². The molecule has 0 aliphatic heterocycles. The van der Waals surface area contributed by atoms with Crippen molar-refractivity contribution in [1.29, 1.82) is 0 Å². The van der Waals surface area contributed by atoms with Gasteiger partial charge in [0.05, 0.1) is 4.47 Å². The van der Waals surface area contributed by atoms with Gasteiger partial charge in [-0.1, -0.05) is 13.0 Å². The minimum atomic E-state index is -0.201. The van der Waals surface area contributed by atoms with Crippen molar-refractivity contribution in [3.05, 3.63) is 34.1 Å². The van der Waals surface area contributed by atoms with Gasteiger partial charge in [-0.3, -0.25) is 0 Å². The Morgan fingerprint density at radius 2 is 2.36 bits per heavy atom. The van der Waals surface area contributed by atoms with Crippen LogP contribution < -0.4 is 5.73 Å². The van der Waals surface area contributed by atoms with E-state index >= 15 is 0 Å². The maximum Gasteiger partial charge on any atom is 0.137 e. The monoisotopic (exact) mass is 257 g/mol. The average molecular weight is 258 g/mol. The van der Waals surface area contributed by atoms with E-state index in [1.165, 1.54) is 0 Å². The second kappa shape index (κ2) is 3.31. The van der Waals surface area contributed by atoms with E-state index in [1.54, 1.807) is 12.1 Å². The molecule has 1 aliphatic carbocycles. The molecular weight excluding hydrogens is 245 g/mol. The van der Waals surface area contributed by atoms with Gasteiger partial charge in [0.25, 0.3) is 0 Å². The molecule has 3 heteroatoms. The molecule has 76 valence electrons. The Balaban J connectivity index is 2.24. The second-order valence-corrected chi connectivity index (χ2v) is 4.87. The number of rotatable bonds is 2. The zero-order chi connectivity index (χ0) is 10.3. The van der Waals surface area contributed by atoms with Gasteiger partial charge in [-0.05, 0) is 46.5 Å². The normalized spacial score (nSPS) is 30.4. The predicted molar refractivity (Wildman–Crippen MR) is 58.7 cm³/mol. The van der Waals surface area contributed by atoms with Crippen LogP contribution in [0.2, 0.25) is 0 Å². The first-order valence-electron chi connectivity index (χ1n) is 4.80. The standard InChI is InChI=1S/C11H13BrFN/c1-2-11(14)6-8(11)7-3-4-9(12)10(13)5-7/h3-5,8H,2,6,14H2,1H3. The lowest BCUT2D eigenvalue weighted by molar-refractivity contribution is 0.608. The van der Waals surface area contributed by atoms with Crippen molar-refractivity contribution in [2.75, 3.05) is 0 Å². The third-order valence-corrected chi connectivity index (χ3v) is 3.77. The fraction of sp³-hybridized carbons (Fsp3) is 0.455. The molecule has 1 fully saturated rings. The lowest BCUT2D eigenvalue weighted by atomic mass is 10.1. The second-order valence-electron chi connectivity index (χ2n) is 4.02. The number of nitrogens with two attached hydrogens (primary N) is 1. The average Bonchev–Trinajstić information content (AvgIpc) is 2.84. The molecule has 0 bridgehead atoms. The van der Waals surface area contributed by atoms with Crippen molar-refractivity contribution in [3.8, 4) is 0 Å². The molecule has 1 aromatic carbocycles. The number of hydrogen-bond donors (Lipinski definition) is 1. The molecule has 0 radical (unpaired) electrons. The van der Waals surface area contributed by atoms with E-state index in [9.17, 15) is 4.39 Å². The minimum absolute atomic E-state index is 0.0831. The zero-order valence-corrected chi connectivity index (χ0v) is 9.64. The molecule has 0 amide bonds. The third-order valence-electron chi connectivity index (χ3n) is 3.12. The predicted octanol–water partition coefficient (Wildman–Crippen LogP) is 3.18. The fourth-order valence-corrected chi connectivity index (χ4v) is 2.14. The van der Waals surface area contributed by atoms with Gasteiger partial charge in [0.15, 0.2) is 0 Å². The summed E-state index contributed by atoms with van der Waals surface area (Å²) in [7, 11) is 0. The number of hydrogen-bond acceptors (Lipinski definition) is 1. The van der Waals surface area contributed by atoms with Gasteiger partial charge in [-0.15, -0.1) is 0 Å². The van der Waals surface area contributed by atoms with E-state index < -0.39 is 0 Å². The largest absolute Gasteiger partial charge is 0.325 e. The zero-order valence-electron chi connectivity index (χ0n) is 8.06. The smallest absolute Gasteiger partial charge is 0.137 e. The molecule has 0 aromatic heterocycles. The molecule has 2 N–H and O–H groups in total. The molecule has 1 saturated carbocycles. The Kier molecular flexibility index (Phi) is 2.40. The first-order chi connectivity index (χ1) is 6.57. The maximum atomic E-state index is 13.2. The van der Waals surface area contributed by atoms with E-state index in [2.05, 4.69) is 22.9 Å². The highest BCUT2D eigenvalue weighted by molar-refractivity contribution is 9.10. The molecular formula is C11H13BrFN. The quantitative estimate of drug-likeness (QED) is 0.866. The van der Waals surface area contributed by atoms with Crippen molar-refractivity contribution in [2.24, 2.45) is 5.73 Å². The summed E-state index contributed by atoms with van der Waals surface area (Å²) in [5, 5.41) is 0. The highest BCUT2D eigenvalue weighted by Crippen LogP contribution is 2.51. The molecule has 2 rings (SSSR count). The van der Waals surface area contributed by atoms with Gasteiger partial charge in [0, 0.05) is 11.5 Å². The van der Waals surface area contributed by atoms with Crippen LogP contribution in [0.25, 0.3) is 0 Å². The fourth-order valence-electron chi connectivity index (χ4n) is 1.89. The molecule has 1 aromatic rings. The summed E-state index contributed by atoms with van der Waals surface area (Å²) in [5.74, 6) is 0.142. The van der Waals surface area contributed by atoms with Crippen LogP contribution in [0, 0.1) is 5.82 Å². The Morgan fingerprint density at radius 3 is 2.86 bits per heavy atom. The van der Waals surface area contributed by atoms with Crippen LogP contribution in [0.3, 0.4) is 0 Å². The van der Waals surface area contributed by atoms with E-state index in [4.69, 9.17) is 5.73 Å². The third kappa shape index (κ3) is 1.59. The summed E-state index contributed by atoms with van der Waals surface area (Å²) in [6.07, 6.45) is 1.93. The Hall–Kier alpha value is -0.410. The number of halogens is 2. The van der Waals surface area contributed by atoms with E-state index in [0.29, 0.717) is 10.4 Å². The lowest BCUT2D eigenvalue weighted by Gasteiger charge is -2.08. The first kappa shape index (κ1) is 10.1. The minimum Gasteiger partial charge on any atom is -0.325 e. The highest BCUT2D eigenvalue weighted by Gasteiger charge is 2.50. The van der Waals surface area contributed by atoms with Gasteiger partial charge >= 0.3 is 0 Å². The van der Waals surface area contributed by atoms with E-state index in [-0.39, 0.29) is 11.4 Å². The molecule has 0 heterocycles. The summed E-state index contributed by atoms with van der Waals surface area (Å²) in [5.41, 5.74) is 7.02. The Morgan fingerprint density at radius 1 is 1.64 bits per heavy atom. The summed E-state index contributed by atoms with van der Waals surface area (Å²) in [4.78, 5) is 0. The van der Waals surface area contributed by atoms with Crippen molar-refractivity contribution < 1.29 is 4.39 Å². The van der Waals surface area contributed by atoms with Gasteiger partial charge in [0.2, 0.25) is 0 Å². The van der Waals surface area contributed by atoms with Crippen molar-refractivity contribution in [3.63, 3.8) is 0 Å². The molecule has 2 unspecified atom stereocenters. The van der Waals surface area contributed by atoms with E-state index in [1.807, 2.05) is 6.07 Å². The Labute approximate surface area is 91.6 Å². The molecule has 0 spiro atoms. The highest BCUT2D eigenvalue weighted by atomic mass is 79.9. The molecule has 0 saturated heterocycles. The summed E-state index contributed by atoms with van der Waals surface area (Å²) >= 11 is 3.14. The molecule has 1 aliphatic rings. The van der Waals surface area contributed by atoms with Crippen LogP contribution in [0.5, 0.6) is 0 Å². The van der Waals surface area contributed by atoms with Gasteiger partial charge in [-0.2, -0.15) is 0 Å². The van der Waals surface area contributed by atoms with Gasteiger partial charge in [-0.25, -0.2) is 4.39 Å². The van der Waals surface area contributed by atoms with Crippen LogP contribution in [0.15, 0.2) is 22.7 Å². The molecule has 14 heavy (non-hydrogen) atoms. The lowest BCUT2D eigenvalue weighted by Crippen LogP contribution is -2.22. The topological polar surface area (TPSA) is 26.0 Å². The van der Waals surface area contributed by atoms with Crippen LogP contribution >= 0.6 is 15.9 Å². The van der Waals surface area contributed by atoms with Crippen LogP contribution in [0.4, 0.5) is 4.39 Å². The van der Waals surface area contributed by atoms with Gasteiger partial charge in [0.1, 0.15) is 5.82 Å². The SMILES string of the molecule is CCC1(N)CC1c1ccc(Br)c(F)c1. The molecule has 2 atom stereocenters. The maximum absolute atomic E-state index is 13.2. The number of benzene rings is 1.